The molecular weight excluding hydrogens is 128 g/mol. The predicted octanol–water partition coefficient (Wildman–Crippen LogP) is 1.57. The molecule has 1 atom stereocenters. The van der Waals surface area contributed by atoms with Crippen LogP contribution < -0.4 is 0 Å². The maximum atomic E-state index is 8.59. The van der Waals surface area contributed by atoms with Crippen molar-refractivity contribution in [2.45, 2.75) is 38.7 Å². The van der Waals surface area contributed by atoms with Crippen molar-refractivity contribution in [2.24, 2.45) is 0 Å². The summed E-state index contributed by atoms with van der Waals surface area (Å²) in [5.74, 6) is 0. The van der Waals surface area contributed by atoms with Crippen LogP contribution in [0.1, 0.15) is 32.6 Å². The van der Waals surface area contributed by atoms with Crippen LogP contribution in [0.3, 0.4) is 0 Å². The largest absolute Gasteiger partial charge is 0.396 e. The second kappa shape index (κ2) is 7.03. The van der Waals surface area contributed by atoms with Gasteiger partial charge in [-0.05, 0) is 12.8 Å². The summed E-state index contributed by atoms with van der Waals surface area (Å²) >= 11 is 0. The molecule has 2 heteroatoms. The Labute approximate surface area is 63.2 Å². The van der Waals surface area contributed by atoms with Crippen molar-refractivity contribution in [3.63, 3.8) is 0 Å². The Morgan fingerprint density at radius 3 is 2.50 bits per heavy atom. The average molecular weight is 146 g/mol. The van der Waals surface area contributed by atoms with Crippen molar-refractivity contribution in [3.8, 4) is 0 Å². The first-order valence-electron chi connectivity index (χ1n) is 3.98. The molecular formula is C8H18O2. The van der Waals surface area contributed by atoms with Crippen molar-refractivity contribution >= 4 is 0 Å². The first-order valence-corrected chi connectivity index (χ1v) is 3.98. The molecule has 0 bridgehead atoms. The quantitative estimate of drug-likeness (QED) is 0.616. The van der Waals surface area contributed by atoms with E-state index in [9.17, 15) is 0 Å². The first-order chi connectivity index (χ1) is 4.85. The molecule has 0 saturated carbocycles. The van der Waals surface area contributed by atoms with Gasteiger partial charge in [0.05, 0.1) is 6.10 Å². The highest BCUT2D eigenvalue weighted by Gasteiger charge is 2.03. The van der Waals surface area contributed by atoms with Crippen molar-refractivity contribution < 1.29 is 9.84 Å². The highest BCUT2D eigenvalue weighted by molar-refractivity contribution is 4.55. The van der Waals surface area contributed by atoms with Crippen LogP contribution in [0, 0.1) is 0 Å². The molecule has 0 aromatic heterocycles. The molecule has 0 aromatic carbocycles. The van der Waals surface area contributed by atoms with Crippen LogP contribution in [0.25, 0.3) is 0 Å². The topological polar surface area (TPSA) is 29.5 Å². The van der Waals surface area contributed by atoms with Gasteiger partial charge >= 0.3 is 0 Å². The van der Waals surface area contributed by atoms with Crippen LogP contribution in [0.4, 0.5) is 0 Å². The zero-order chi connectivity index (χ0) is 7.82. The van der Waals surface area contributed by atoms with Crippen LogP contribution >= 0.6 is 0 Å². The van der Waals surface area contributed by atoms with Crippen molar-refractivity contribution in [1.29, 1.82) is 0 Å². The van der Waals surface area contributed by atoms with Gasteiger partial charge < -0.3 is 9.84 Å². The Hall–Kier alpha value is -0.0800. The maximum absolute atomic E-state index is 8.59. The molecule has 0 aliphatic rings. The molecule has 0 aliphatic heterocycles. The zero-order valence-corrected chi connectivity index (χ0v) is 6.97. The van der Waals surface area contributed by atoms with Gasteiger partial charge in [-0.25, -0.2) is 0 Å². The van der Waals surface area contributed by atoms with Gasteiger partial charge in [0.15, 0.2) is 0 Å². The number of ether oxygens (including phenoxy) is 1. The van der Waals surface area contributed by atoms with E-state index in [1.165, 1.54) is 12.8 Å². The summed E-state index contributed by atoms with van der Waals surface area (Å²) in [6.45, 7) is 2.40. The Balaban J connectivity index is 3.21. The Morgan fingerprint density at radius 2 is 2.10 bits per heavy atom. The second-order valence-corrected chi connectivity index (χ2v) is 2.51. The molecule has 0 spiro atoms. The lowest BCUT2D eigenvalue weighted by Crippen LogP contribution is -2.11. The predicted molar refractivity (Wildman–Crippen MR) is 42.0 cm³/mol. The van der Waals surface area contributed by atoms with Crippen LogP contribution in [0.5, 0.6) is 0 Å². The molecule has 0 heterocycles. The molecule has 62 valence electrons. The van der Waals surface area contributed by atoms with Gasteiger partial charge in [-0.15, -0.1) is 0 Å². The minimum atomic E-state index is 0.238. The van der Waals surface area contributed by atoms with E-state index in [-0.39, 0.29) is 12.7 Å². The molecule has 0 radical (unpaired) electrons. The standard InChI is InChI=1S/C8H18O2/c1-3-4-5-8(10-2)6-7-9/h8-9H,3-7H2,1-2H3/t8-/m0/s1. The van der Waals surface area contributed by atoms with Gasteiger partial charge in [0.25, 0.3) is 0 Å². The lowest BCUT2D eigenvalue weighted by Gasteiger charge is -2.12. The van der Waals surface area contributed by atoms with Gasteiger partial charge in [0.2, 0.25) is 0 Å². The molecule has 0 unspecified atom stereocenters. The SMILES string of the molecule is CCCC[C@@H](CCO)OC. The number of aliphatic hydroxyl groups excluding tert-OH is 1. The summed E-state index contributed by atoms with van der Waals surface area (Å²) in [4.78, 5) is 0. The van der Waals surface area contributed by atoms with Gasteiger partial charge in [0, 0.05) is 13.7 Å². The number of hydrogen-bond acceptors (Lipinski definition) is 2. The fraction of sp³-hybridized carbons (Fsp3) is 1.00. The van der Waals surface area contributed by atoms with E-state index in [0.717, 1.165) is 12.8 Å². The molecule has 0 fully saturated rings. The van der Waals surface area contributed by atoms with Crippen LogP contribution in [0.2, 0.25) is 0 Å². The van der Waals surface area contributed by atoms with Crippen LogP contribution in [-0.2, 0) is 4.74 Å². The van der Waals surface area contributed by atoms with E-state index in [2.05, 4.69) is 6.92 Å². The summed E-state index contributed by atoms with van der Waals surface area (Å²) in [7, 11) is 1.70. The molecule has 1 N–H and O–H groups in total. The molecule has 0 aliphatic carbocycles. The van der Waals surface area contributed by atoms with Gasteiger partial charge in [-0.1, -0.05) is 19.8 Å². The highest BCUT2D eigenvalue weighted by atomic mass is 16.5. The first kappa shape index (κ1) is 9.92. The van der Waals surface area contributed by atoms with E-state index in [4.69, 9.17) is 9.84 Å². The monoisotopic (exact) mass is 146 g/mol. The van der Waals surface area contributed by atoms with E-state index in [0.29, 0.717) is 0 Å². The molecule has 2 nitrogen and oxygen atoms in total. The van der Waals surface area contributed by atoms with Gasteiger partial charge in [0.1, 0.15) is 0 Å². The summed E-state index contributed by atoms with van der Waals surface area (Å²) in [6.07, 6.45) is 4.51. The molecule has 10 heavy (non-hydrogen) atoms. The van der Waals surface area contributed by atoms with E-state index in [1.54, 1.807) is 7.11 Å². The average Bonchev–Trinajstić information content (AvgIpc) is 1.98. The lowest BCUT2D eigenvalue weighted by molar-refractivity contribution is 0.0695. The molecule has 0 rings (SSSR count). The smallest absolute Gasteiger partial charge is 0.0593 e. The third-order valence-corrected chi connectivity index (χ3v) is 1.66. The summed E-state index contributed by atoms with van der Waals surface area (Å²) in [5.41, 5.74) is 0. The summed E-state index contributed by atoms with van der Waals surface area (Å²) < 4.78 is 5.13. The number of hydrogen-bond donors (Lipinski definition) is 1. The van der Waals surface area contributed by atoms with Crippen molar-refractivity contribution in [3.05, 3.63) is 0 Å². The van der Waals surface area contributed by atoms with Crippen LogP contribution in [-0.4, -0.2) is 24.9 Å². The number of rotatable bonds is 6. The zero-order valence-electron chi connectivity index (χ0n) is 6.97. The van der Waals surface area contributed by atoms with Crippen molar-refractivity contribution in [2.75, 3.05) is 13.7 Å². The molecule has 0 aromatic rings. The highest BCUT2D eigenvalue weighted by Crippen LogP contribution is 2.06. The third-order valence-electron chi connectivity index (χ3n) is 1.66. The Morgan fingerprint density at radius 1 is 1.40 bits per heavy atom. The normalized spacial score (nSPS) is 13.5. The van der Waals surface area contributed by atoms with E-state index in [1.807, 2.05) is 0 Å². The number of unbranched alkanes of at least 4 members (excludes halogenated alkanes) is 1. The van der Waals surface area contributed by atoms with E-state index >= 15 is 0 Å². The fourth-order valence-corrected chi connectivity index (χ4v) is 0.956. The van der Waals surface area contributed by atoms with Crippen molar-refractivity contribution in [1.82, 2.24) is 0 Å². The minimum Gasteiger partial charge on any atom is -0.396 e. The molecule has 0 amide bonds. The molecule has 0 saturated heterocycles. The van der Waals surface area contributed by atoms with Crippen LogP contribution in [0.15, 0.2) is 0 Å². The minimum absolute atomic E-state index is 0.238. The summed E-state index contributed by atoms with van der Waals surface area (Å²) in [6, 6.07) is 0. The van der Waals surface area contributed by atoms with Gasteiger partial charge in [-0.3, -0.25) is 0 Å². The maximum Gasteiger partial charge on any atom is 0.0593 e. The number of aliphatic hydroxyl groups is 1. The second-order valence-electron chi connectivity index (χ2n) is 2.51. The van der Waals surface area contributed by atoms with Gasteiger partial charge in [-0.2, -0.15) is 0 Å². The number of methoxy groups -OCH3 is 1. The Bertz CT molecular complexity index is 64.3. The third kappa shape index (κ3) is 4.77. The summed E-state index contributed by atoms with van der Waals surface area (Å²) in [5, 5.41) is 8.59. The lowest BCUT2D eigenvalue weighted by atomic mass is 10.1. The Kier molecular flexibility index (Phi) is 6.98. The van der Waals surface area contributed by atoms with E-state index < -0.39 is 0 Å². The fourth-order valence-electron chi connectivity index (χ4n) is 0.956.